The molecule has 0 aromatic rings. The highest BCUT2D eigenvalue weighted by molar-refractivity contribution is 7.52. The fourth-order valence-electron chi connectivity index (χ4n) is 1.06. The van der Waals surface area contributed by atoms with Crippen LogP contribution in [0.1, 0.15) is 25.7 Å². The van der Waals surface area contributed by atoms with Crippen molar-refractivity contribution in [1.29, 1.82) is 0 Å². The van der Waals surface area contributed by atoms with Crippen LogP contribution in [0.2, 0.25) is 0 Å². The maximum Gasteiger partial charge on any atom is 0.328 e. The van der Waals surface area contributed by atoms with Gasteiger partial charge in [-0.1, -0.05) is 0 Å². The van der Waals surface area contributed by atoms with Gasteiger partial charge in [0.25, 0.3) is 0 Å². The van der Waals surface area contributed by atoms with Gasteiger partial charge in [-0.25, -0.2) is 0 Å². The Morgan fingerprint density at radius 2 is 1.33 bits per heavy atom. The Bertz CT molecular complexity index is 263. The van der Waals surface area contributed by atoms with Crippen LogP contribution < -0.4 is 0 Å². The normalized spacial score (nSPS) is 11.7. The van der Waals surface area contributed by atoms with Crippen molar-refractivity contribution in [1.82, 2.24) is 0 Å². The minimum Gasteiger partial charge on any atom is -0.481 e. The molecular weight excluding hydrogens is 227 g/mol. The van der Waals surface area contributed by atoms with Gasteiger partial charge in [0.2, 0.25) is 0 Å². The highest BCUT2D eigenvalue weighted by Crippen LogP contribution is 2.45. The minimum absolute atomic E-state index is 0.215. The Morgan fingerprint density at radius 3 is 1.53 bits per heavy atom. The molecule has 0 heterocycles. The van der Waals surface area contributed by atoms with E-state index in [0.29, 0.717) is 0 Å². The van der Waals surface area contributed by atoms with Crippen LogP contribution in [-0.4, -0.2) is 37.6 Å². The molecule has 7 nitrogen and oxygen atoms in total. The van der Waals surface area contributed by atoms with E-state index >= 15 is 0 Å². The smallest absolute Gasteiger partial charge is 0.328 e. The van der Waals surface area contributed by atoms with E-state index < -0.39 is 25.2 Å². The van der Waals surface area contributed by atoms with Crippen LogP contribution >= 0.6 is 7.60 Å². The molecule has 0 aromatic carbocycles. The van der Waals surface area contributed by atoms with E-state index in [1.807, 2.05) is 0 Å². The SMILES string of the molecule is O=C(O)CCC(CCC(=O)O)P(=O)(O)O. The first-order valence-corrected chi connectivity index (χ1v) is 5.90. The number of carboxylic acids is 2. The molecule has 0 unspecified atom stereocenters. The molecule has 4 N–H and O–H groups in total. The van der Waals surface area contributed by atoms with Crippen molar-refractivity contribution >= 4 is 19.5 Å². The maximum atomic E-state index is 10.9. The minimum atomic E-state index is -4.41. The zero-order chi connectivity index (χ0) is 12.1. The second-order valence-electron chi connectivity index (χ2n) is 3.11. The van der Waals surface area contributed by atoms with Gasteiger partial charge in [0.15, 0.2) is 0 Å². The lowest BCUT2D eigenvalue weighted by atomic mass is 10.1. The molecule has 8 heteroatoms. The Kier molecular flexibility index (Phi) is 5.49. The average molecular weight is 240 g/mol. The summed E-state index contributed by atoms with van der Waals surface area (Å²) in [5.41, 5.74) is -1.19. The Balaban J connectivity index is 4.26. The molecular formula is C7H13O7P. The van der Waals surface area contributed by atoms with Crippen molar-refractivity contribution in [2.24, 2.45) is 0 Å². The molecule has 15 heavy (non-hydrogen) atoms. The predicted octanol–water partition coefficient (Wildman–Crippen LogP) is 0.262. The first kappa shape index (κ1) is 14.1. The molecule has 0 fully saturated rings. The van der Waals surface area contributed by atoms with Gasteiger partial charge < -0.3 is 20.0 Å². The monoisotopic (exact) mass is 240 g/mol. The van der Waals surface area contributed by atoms with Crippen molar-refractivity contribution in [2.75, 3.05) is 0 Å². The molecule has 88 valence electrons. The predicted molar refractivity (Wildman–Crippen MR) is 49.6 cm³/mol. The van der Waals surface area contributed by atoms with Gasteiger partial charge in [-0.2, -0.15) is 0 Å². The molecule has 0 aliphatic carbocycles. The molecule has 0 amide bonds. The van der Waals surface area contributed by atoms with E-state index in [2.05, 4.69) is 0 Å². The molecule has 0 bridgehead atoms. The van der Waals surface area contributed by atoms with E-state index in [0.717, 1.165) is 0 Å². The van der Waals surface area contributed by atoms with Crippen LogP contribution in [0, 0.1) is 0 Å². The van der Waals surface area contributed by atoms with Gasteiger partial charge in [0.05, 0.1) is 5.66 Å². The van der Waals surface area contributed by atoms with Gasteiger partial charge in [0.1, 0.15) is 0 Å². The fraction of sp³-hybridized carbons (Fsp3) is 0.714. The van der Waals surface area contributed by atoms with Gasteiger partial charge in [-0.3, -0.25) is 14.2 Å². The van der Waals surface area contributed by atoms with E-state index in [9.17, 15) is 14.2 Å². The molecule has 0 aliphatic rings. The number of hydrogen-bond acceptors (Lipinski definition) is 3. The molecule has 0 saturated carbocycles. The highest BCUT2D eigenvalue weighted by Gasteiger charge is 2.29. The van der Waals surface area contributed by atoms with Gasteiger partial charge in [0, 0.05) is 12.8 Å². The second kappa shape index (κ2) is 5.85. The number of carboxylic acid groups (broad SMARTS) is 2. The third kappa shape index (κ3) is 7.07. The second-order valence-corrected chi connectivity index (χ2v) is 5.02. The molecule has 0 rings (SSSR count). The van der Waals surface area contributed by atoms with Crippen LogP contribution in [0.4, 0.5) is 0 Å². The molecule has 0 aliphatic heterocycles. The summed E-state index contributed by atoms with van der Waals surface area (Å²) >= 11 is 0. The van der Waals surface area contributed by atoms with Crippen LogP contribution in [-0.2, 0) is 14.2 Å². The van der Waals surface area contributed by atoms with E-state index in [4.69, 9.17) is 20.0 Å². The fourth-order valence-corrected chi connectivity index (χ4v) is 1.99. The highest BCUT2D eigenvalue weighted by atomic mass is 31.2. The standard InChI is InChI=1S/C7H13O7P/c8-6(9)3-1-5(15(12,13)14)2-4-7(10)11/h5H,1-4H2,(H,8,9)(H,10,11)(H2,12,13,14). The topological polar surface area (TPSA) is 132 Å². The number of aliphatic carboxylic acids is 2. The summed E-state index contributed by atoms with van der Waals surface area (Å²) < 4.78 is 10.9. The maximum absolute atomic E-state index is 10.9. The van der Waals surface area contributed by atoms with Crippen LogP contribution in [0.25, 0.3) is 0 Å². The summed E-state index contributed by atoms with van der Waals surface area (Å²) in [6.07, 6.45) is -1.19. The molecule has 0 atom stereocenters. The first-order chi connectivity index (χ1) is 6.73. The summed E-state index contributed by atoms with van der Waals surface area (Å²) in [5.74, 6) is -2.33. The lowest BCUT2D eigenvalue weighted by Gasteiger charge is -2.16. The Morgan fingerprint density at radius 1 is 1.00 bits per heavy atom. The Hall–Kier alpha value is -0.910. The van der Waals surface area contributed by atoms with Gasteiger partial charge >= 0.3 is 19.5 Å². The average Bonchev–Trinajstić information content (AvgIpc) is 2.00. The summed E-state index contributed by atoms with van der Waals surface area (Å²) in [4.78, 5) is 38.1. The quantitative estimate of drug-likeness (QED) is 0.469. The first-order valence-electron chi connectivity index (χ1n) is 4.22. The molecule has 0 aromatic heterocycles. The molecule has 0 saturated heterocycles. The van der Waals surface area contributed by atoms with E-state index in [-0.39, 0.29) is 25.7 Å². The van der Waals surface area contributed by atoms with Crippen molar-refractivity contribution < 1.29 is 34.2 Å². The zero-order valence-electron chi connectivity index (χ0n) is 7.87. The van der Waals surface area contributed by atoms with E-state index in [1.165, 1.54) is 0 Å². The largest absolute Gasteiger partial charge is 0.481 e. The van der Waals surface area contributed by atoms with Crippen molar-refractivity contribution in [3.05, 3.63) is 0 Å². The number of carbonyl (C=O) groups is 2. The summed E-state index contributed by atoms with van der Waals surface area (Å²) in [6, 6.07) is 0. The molecule has 0 radical (unpaired) electrons. The van der Waals surface area contributed by atoms with E-state index in [1.54, 1.807) is 0 Å². The van der Waals surface area contributed by atoms with Crippen LogP contribution in [0.15, 0.2) is 0 Å². The van der Waals surface area contributed by atoms with Crippen molar-refractivity contribution in [2.45, 2.75) is 31.3 Å². The van der Waals surface area contributed by atoms with Crippen LogP contribution in [0.3, 0.4) is 0 Å². The van der Waals surface area contributed by atoms with Crippen molar-refractivity contribution in [3.8, 4) is 0 Å². The summed E-state index contributed by atoms with van der Waals surface area (Å²) in [5, 5.41) is 16.7. The Labute approximate surface area is 85.9 Å². The lowest BCUT2D eigenvalue weighted by Crippen LogP contribution is -2.13. The van der Waals surface area contributed by atoms with Gasteiger partial charge in [-0.15, -0.1) is 0 Å². The number of rotatable bonds is 7. The number of hydrogen-bond donors (Lipinski definition) is 4. The molecule has 0 spiro atoms. The third-order valence-corrected chi connectivity index (χ3v) is 3.33. The lowest BCUT2D eigenvalue weighted by molar-refractivity contribution is -0.137. The summed E-state index contributed by atoms with van der Waals surface area (Å²) in [6.45, 7) is 0. The zero-order valence-corrected chi connectivity index (χ0v) is 8.76. The van der Waals surface area contributed by atoms with Crippen LogP contribution in [0.5, 0.6) is 0 Å². The van der Waals surface area contributed by atoms with Gasteiger partial charge in [-0.05, 0) is 12.8 Å². The summed E-state index contributed by atoms with van der Waals surface area (Å²) in [7, 11) is -4.41. The third-order valence-electron chi connectivity index (χ3n) is 1.86. The van der Waals surface area contributed by atoms with Crippen molar-refractivity contribution in [3.63, 3.8) is 0 Å².